The highest BCUT2D eigenvalue weighted by molar-refractivity contribution is 5.53. The Morgan fingerprint density at radius 2 is 1.85 bits per heavy atom. The molecule has 1 atom stereocenters. The van der Waals surface area contributed by atoms with Crippen LogP contribution in [0.25, 0.3) is 11.4 Å². The Morgan fingerprint density at radius 3 is 2.63 bits per heavy atom. The minimum absolute atomic E-state index is 0.0531. The number of hydrogen-bond acceptors (Lipinski definition) is 5. The summed E-state index contributed by atoms with van der Waals surface area (Å²) in [5.74, 6) is 1.65. The number of likely N-dealkylation sites (tertiary alicyclic amines) is 1. The van der Waals surface area contributed by atoms with Gasteiger partial charge in [-0.1, -0.05) is 36.8 Å². The van der Waals surface area contributed by atoms with Gasteiger partial charge in [0.25, 0.3) is 0 Å². The standard InChI is InChI=1S/C21H25N5O/c27-15-14-26-21(23-20(24-26)18-9-11-22-12-10-18)19-8-4-5-13-25(19)16-17-6-2-1-3-7-17/h1-3,6-7,9-12,19,27H,4-5,8,13-16H2. The molecule has 1 N–H and O–H groups in total. The Hall–Kier alpha value is -2.57. The monoisotopic (exact) mass is 363 g/mol. The van der Waals surface area contributed by atoms with Gasteiger partial charge in [-0.05, 0) is 37.1 Å². The van der Waals surface area contributed by atoms with Crippen molar-refractivity contribution in [2.45, 2.75) is 38.4 Å². The van der Waals surface area contributed by atoms with Gasteiger partial charge in [0.05, 0.1) is 19.2 Å². The zero-order valence-electron chi connectivity index (χ0n) is 15.4. The zero-order valence-corrected chi connectivity index (χ0v) is 15.4. The lowest BCUT2D eigenvalue weighted by Crippen LogP contribution is -2.35. The minimum atomic E-state index is 0.0531. The van der Waals surface area contributed by atoms with Crippen LogP contribution in [0.5, 0.6) is 0 Å². The molecule has 1 aliphatic rings. The van der Waals surface area contributed by atoms with E-state index in [0.29, 0.717) is 12.4 Å². The molecule has 6 heteroatoms. The van der Waals surface area contributed by atoms with Crippen LogP contribution in [0, 0.1) is 0 Å². The lowest BCUT2D eigenvalue weighted by Gasteiger charge is -2.35. The first kappa shape index (κ1) is 17.8. The molecule has 1 unspecified atom stereocenters. The second kappa shape index (κ2) is 8.41. The molecule has 140 valence electrons. The van der Waals surface area contributed by atoms with Crippen LogP contribution in [0.1, 0.15) is 36.7 Å². The van der Waals surface area contributed by atoms with Crippen LogP contribution in [0.3, 0.4) is 0 Å². The van der Waals surface area contributed by atoms with E-state index in [0.717, 1.165) is 30.9 Å². The zero-order chi connectivity index (χ0) is 18.5. The van der Waals surface area contributed by atoms with E-state index in [-0.39, 0.29) is 12.6 Å². The van der Waals surface area contributed by atoms with Gasteiger partial charge in [-0.3, -0.25) is 9.88 Å². The maximum absolute atomic E-state index is 9.51. The molecule has 3 aromatic rings. The maximum Gasteiger partial charge on any atom is 0.181 e. The molecule has 2 aromatic heterocycles. The molecule has 1 aliphatic heterocycles. The van der Waals surface area contributed by atoms with E-state index in [1.807, 2.05) is 16.8 Å². The van der Waals surface area contributed by atoms with Crippen LogP contribution in [-0.2, 0) is 13.1 Å². The first-order valence-corrected chi connectivity index (χ1v) is 9.59. The van der Waals surface area contributed by atoms with Gasteiger partial charge in [0.2, 0.25) is 0 Å². The summed E-state index contributed by atoms with van der Waals surface area (Å²) in [5.41, 5.74) is 2.26. The summed E-state index contributed by atoms with van der Waals surface area (Å²) >= 11 is 0. The summed E-state index contributed by atoms with van der Waals surface area (Å²) in [6.07, 6.45) is 6.96. The summed E-state index contributed by atoms with van der Waals surface area (Å²) in [7, 11) is 0. The molecule has 0 bridgehead atoms. The molecular weight excluding hydrogens is 338 g/mol. The number of aliphatic hydroxyl groups is 1. The molecule has 0 aliphatic carbocycles. The third-order valence-electron chi connectivity index (χ3n) is 5.09. The lowest BCUT2D eigenvalue weighted by atomic mass is 10.0. The topological polar surface area (TPSA) is 67.1 Å². The molecule has 0 amide bonds. The van der Waals surface area contributed by atoms with E-state index in [2.05, 4.69) is 45.3 Å². The van der Waals surface area contributed by atoms with Crippen LogP contribution in [0.2, 0.25) is 0 Å². The molecule has 0 radical (unpaired) electrons. The predicted octanol–water partition coefficient (Wildman–Crippen LogP) is 3.06. The Balaban J connectivity index is 1.65. The number of aromatic nitrogens is 4. The molecular formula is C21H25N5O. The van der Waals surface area contributed by atoms with E-state index in [1.165, 1.54) is 18.4 Å². The maximum atomic E-state index is 9.51. The van der Waals surface area contributed by atoms with E-state index in [9.17, 15) is 5.11 Å². The minimum Gasteiger partial charge on any atom is -0.394 e. The Kier molecular flexibility index (Phi) is 5.55. The number of piperidine rings is 1. The van der Waals surface area contributed by atoms with Crippen LogP contribution in [0.15, 0.2) is 54.9 Å². The second-order valence-corrected chi connectivity index (χ2v) is 6.94. The normalized spacial score (nSPS) is 17.9. The summed E-state index contributed by atoms with van der Waals surface area (Å²) < 4.78 is 1.88. The smallest absolute Gasteiger partial charge is 0.181 e. The van der Waals surface area contributed by atoms with Crippen molar-refractivity contribution >= 4 is 0 Å². The number of benzene rings is 1. The molecule has 4 rings (SSSR count). The van der Waals surface area contributed by atoms with Crippen LogP contribution < -0.4 is 0 Å². The quantitative estimate of drug-likeness (QED) is 0.729. The van der Waals surface area contributed by atoms with Gasteiger partial charge in [0, 0.05) is 24.5 Å². The third kappa shape index (κ3) is 4.07. The summed E-state index contributed by atoms with van der Waals surface area (Å²) in [5, 5.41) is 14.2. The van der Waals surface area contributed by atoms with Crippen molar-refractivity contribution in [1.29, 1.82) is 0 Å². The van der Waals surface area contributed by atoms with Crippen molar-refractivity contribution in [2.24, 2.45) is 0 Å². The SMILES string of the molecule is OCCn1nc(-c2ccncc2)nc1C1CCCCN1Cc1ccccc1. The Morgan fingerprint density at radius 1 is 1.04 bits per heavy atom. The molecule has 27 heavy (non-hydrogen) atoms. The highest BCUT2D eigenvalue weighted by atomic mass is 16.3. The number of rotatable bonds is 6. The first-order chi connectivity index (χ1) is 13.3. The van der Waals surface area contributed by atoms with Gasteiger partial charge in [-0.2, -0.15) is 5.10 Å². The molecule has 0 saturated carbocycles. The fraction of sp³-hybridized carbons (Fsp3) is 0.381. The molecule has 1 aromatic carbocycles. The fourth-order valence-corrected chi connectivity index (χ4v) is 3.77. The van der Waals surface area contributed by atoms with Crippen molar-refractivity contribution < 1.29 is 5.11 Å². The van der Waals surface area contributed by atoms with Gasteiger partial charge in [0.1, 0.15) is 5.82 Å². The third-order valence-corrected chi connectivity index (χ3v) is 5.09. The lowest BCUT2D eigenvalue weighted by molar-refractivity contribution is 0.128. The predicted molar refractivity (Wildman–Crippen MR) is 104 cm³/mol. The van der Waals surface area contributed by atoms with Gasteiger partial charge >= 0.3 is 0 Å². The number of hydrogen-bond donors (Lipinski definition) is 1. The van der Waals surface area contributed by atoms with Crippen LogP contribution >= 0.6 is 0 Å². The van der Waals surface area contributed by atoms with Crippen LogP contribution in [-0.4, -0.2) is 42.9 Å². The van der Waals surface area contributed by atoms with Crippen molar-refractivity contribution in [1.82, 2.24) is 24.6 Å². The van der Waals surface area contributed by atoms with Crippen molar-refractivity contribution in [3.63, 3.8) is 0 Å². The number of pyridine rings is 1. The average Bonchev–Trinajstić information content (AvgIpc) is 3.14. The van der Waals surface area contributed by atoms with E-state index < -0.39 is 0 Å². The van der Waals surface area contributed by atoms with E-state index >= 15 is 0 Å². The van der Waals surface area contributed by atoms with Crippen LogP contribution in [0.4, 0.5) is 0 Å². The van der Waals surface area contributed by atoms with E-state index in [4.69, 9.17) is 4.98 Å². The van der Waals surface area contributed by atoms with Gasteiger partial charge in [-0.25, -0.2) is 9.67 Å². The summed E-state index contributed by atoms with van der Waals surface area (Å²) in [6, 6.07) is 14.6. The fourth-order valence-electron chi connectivity index (χ4n) is 3.77. The molecule has 1 fully saturated rings. The molecule has 0 spiro atoms. The largest absolute Gasteiger partial charge is 0.394 e. The Bertz CT molecular complexity index is 850. The van der Waals surface area contributed by atoms with Gasteiger partial charge < -0.3 is 5.11 Å². The molecule has 1 saturated heterocycles. The van der Waals surface area contributed by atoms with Crippen molar-refractivity contribution in [2.75, 3.05) is 13.2 Å². The van der Waals surface area contributed by atoms with E-state index in [1.54, 1.807) is 12.4 Å². The highest BCUT2D eigenvalue weighted by Crippen LogP contribution is 2.32. The second-order valence-electron chi connectivity index (χ2n) is 6.94. The highest BCUT2D eigenvalue weighted by Gasteiger charge is 2.29. The summed E-state index contributed by atoms with van der Waals surface area (Å²) in [4.78, 5) is 11.5. The average molecular weight is 363 g/mol. The van der Waals surface area contributed by atoms with Crippen molar-refractivity contribution in [3.05, 3.63) is 66.2 Å². The van der Waals surface area contributed by atoms with Gasteiger partial charge in [0.15, 0.2) is 5.82 Å². The van der Waals surface area contributed by atoms with Gasteiger partial charge in [-0.15, -0.1) is 0 Å². The first-order valence-electron chi connectivity index (χ1n) is 9.59. The molecule has 6 nitrogen and oxygen atoms in total. The van der Waals surface area contributed by atoms with Crippen molar-refractivity contribution in [3.8, 4) is 11.4 Å². The number of aliphatic hydroxyl groups excluding tert-OH is 1. The number of nitrogens with zero attached hydrogens (tertiary/aromatic N) is 5. The molecule has 3 heterocycles. The summed E-state index contributed by atoms with van der Waals surface area (Å²) in [6.45, 7) is 2.47. The Labute approximate surface area is 159 Å².